The SMILES string of the molecule is [C-]#[N+]c1cccc(/C=C/C=O)c1. The Morgan fingerprint density at radius 2 is 2.25 bits per heavy atom. The van der Waals surface area contributed by atoms with Crippen molar-refractivity contribution in [2.75, 3.05) is 0 Å². The molecule has 2 nitrogen and oxygen atoms in total. The van der Waals surface area contributed by atoms with Gasteiger partial charge in [-0.3, -0.25) is 4.79 Å². The molecule has 58 valence electrons. The summed E-state index contributed by atoms with van der Waals surface area (Å²) in [4.78, 5) is 13.3. The Hall–Kier alpha value is -1.88. The van der Waals surface area contributed by atoms with Crippen molar-refractivity contribution in [2.24, 2.45) is 0 Å². The third-order valence-electron chi connectivity index (χ3n) is 1.37. The molecule has 0 aliphatic heterocycles. The number of hydrogen-bond donors (Lipinski definition) is 0. The van der Waals surface area contributed by atoms with Gasteiger partial charge in [-0.05, 0) is 17.7 Å². The summed E-state index contributed by atoms with van der Waals surface area (Å²) in [5, 5.41) is 0. The van der Waals surface area contributed by atoms with E-state index >= 15 is 0 Å². The van der Waals surface area contributed by atoms with E-state index in [0.29, 0.717) is 12.0 Å². The smallest absolute Gasteiger partial charge is 0.187 e. The van der Waals surface area contributed by atoms with Crippen molar-refractivity contribution in [2.45, 2.75) is 0 Å². The summed E-state index contributed by atoms with van der Waals surface area (Å²) in [5.41, 5.74) is 1.46. The van der Waals surface area contributed by atoms with Crippen molar-refractivity contribution >= 4 is 18.0 Å². The Balaban J connectivity index is 2.95. The number of nitrogens with zero attached hydrogens (tertiary/aromatic N) is 1. The van der Waals surface area contributed by atoms with Crippen LogP contribution in [0.1, 0.15) is 5.56 Å². The summed E-state index contributed by atoms with van der Waals surface area (Å²) >= 11 is 0. The summed E-state index contributed by atoms with van der Waals surface area (Å²) in [6, 6.07) is 7.09. The summed E-state index contributed by atoms with van der Waals surface area (Å²) in [6.45, 7) is 6.75. The first-order valence-corrected chi connectivity index (χ1v) is 3.46. The average molecular weight is 157 g/mol. The molecule has 0 saturated heterocycles. The minimum Gasteiger partial charge on any atom is -0.299 e. The van der Waals surface area contributed by atoms with Crippen LogP contribution < -0.4 is 0 Å². The third kappa shape index (κ3) is 2.06. The van der Waals surface area contributed by atoms with Crippen LogP contribution in [-0.4, -0.2) is 6.29 Å². The predicted octanol–water partition coefficient (Wildman–Crippen LogP) is 2.45. The van der Waals surface area contributed by atoms with Crippen LogP contribution in [0, 0.1) is 6.57 Å². The lowest BCUT2D eigenvalue weighted by Gasteiger charge is -1.91. The number of carbonyl (C=O) groups is 1. The minimum atomic E-state index is 0.586. The van der Waals surface area contributed by atoms with E-state index in [2.05, 4.69) is 4.85 Å². The molecule has 0 unspecified atom stereocenters. The molecule has 1 aromatic rings. The van der Waals surface area contributed by atoms with Gasteiger partial charge in [-0.15, -0.1) is 0 Å². The molecule has 1 rings (SSSR count). The van der Waals surface area contributed by atoms with E-state index in [1.54, 1.807) is 24.3 Å². The van der Waals surface area contributed by atoms with Crippen LogP contribution in [0.2, 0.25) is 0 Å². The Labute approximate surface area is 71.0 Å². The van der Waals surface area contributed by atoms with E-state index in [9.17, 15) is 4.79 Å². The van der Waals surface area contributed by atoms with E-state index in [0.717, 1.165) is 5.56 Å². The summed E-state index contributed by atoms with van der Waals surface area (Å²) in [5.74, 6) is 0. The Morgan fingerprint density at radius 3 is 2.92 bits per heavy atom. The molecule has 0 aliphatic rings. The van der Waals surface area contributed by atoms with E-state index in [1.807, 2.05) is 6.07 Å². The molecule has 1 aromatic carbocycles. The molecule has 0 radical (unpaired) electrons. The molecular formula is C10H7NO. The zero-order valence-corrected chi connectivity index (χ0v) is 6.40. The van der Waals surface area contributed by atoms with Gasteiger partial charge in [0, 0.05) is 0 Å². The van der Waals surface area contributed by atoms with Gasteiger partial charge >= 0.3 is 0 Å². The highest BCUT2D eigenvalue weighted by Gasteiger charge is 1.89. The molecule has 0 aliphatic carbocycles. The molecule has 0 N–H and O–H groups in total. The van der Waals surface area contributed by atoms with Crippen molar-refractivity contribution < 1.29 is 4.79 Å². The quantitative estimate of drug-likeness (QED) is 0.367. The lowest BCUT2D eigenvalue weighted by molar-refractivity contribution is -0.104. The van der Waals surface area contributed by atoms with Crippen molar-refractivity contribution in [3.05, 3.63) is 47.3 Å². The summed E-state index contributed by atoms with van der Waals surface area (Å²) in [6.07, 6.45) is 3.79. The van der Waals surface area contributed by atoms with Crippen molar-refractivity contribution in [1.82, 2.24) is 0 Å². The Morgan fingerprint density at radius 1 is 1.42 bits per heavy atom. The minimum absolute atomic E-state index is 0.586. The van der Waals surface area contributed by atoms with Gasteiger partial charge in [0.05, 0.1) is 6.57 Å². The highest BCUT2D eigenvalue weighted by Crippen LogP contribution is 2.14. The van der Waals surface area contributed by atoms with E-state index < -0.39 is 0 Å². The Bertz CT molecular complexity index is 347. The average Bonchev–Trinajstić information content (AvgIpc) is 2.15. The number of aldehydes is 1. The van der Waals surface area contributed by atoms with E-state index in [1.165, 1.54) is 6.08 Å². The van der Waals surface area contributed by atoms with Gasteiger partial charge in [-0.2, -0.15) is 0 Å². The second kappa shape index (κ2) is 4.09. The zero-order valence-electron chi connectivity index (χ0n) is 6.40. The predicted molar refractivity (Wildman–Crippen MR) is 47.8 cm³/mol. The number of carbonyl (C=O) groups excluding carboxylic acids is 1. The van der Waals surface area contributed by atoms with Crippen LogP contribution in [0.5, 0.6) is 0 Å². The molecule has 0 saturated carbocycles. The number of benzene rings is 1. The van der Waals surface area contributed by atoms with Gasteiger partial charge in [0.25, 0.3) is 0 Å². The first kappa shape index (κ1) is 8.22. The highest BCUT2D eigenvalue weighted by atomic mass is 16.1. The van der Waals surface area contributed by atoms with Crippen LogP contribution >= 0.6 is 0 Å². The highest BCUT2D eigenvalue weighted by molar-refractivity contribution is 5.74. The van der Waals surface area contributed by atoms with Gasteiger partial charge in [-0.25, -0.2) is 4.85 Å². The van der Waals surface area contributed by atoms with E-state index in [4.69, 9.17) is 6.57 Å². The summed E-state index contributed by atoms with van der Waals surface area (Å²) in [7, 11) is 0. The third-order valence-corrected chi connectivity index (χ3v) is 1.37. The molecule has 0 aromatic heterocycles. The maximum absolute atomic E-state index is 9.99. The van der Waals surface area contributed by atoms with E-state index in [-0.39, 0.29) is 0 Å². The van der Waals surface area contributed by atoms with Crippen molar-refractivity contribution in [3.63, 3.8) is 0 Å². The molecule has 0 amide bonds. The van der Waals surface area contributed by atoms with Crippen molar-refractivity contribution in [1.29, 1.82) is 0 Å². The molecule has 2 heteroatoms. The lowest BCUT2D eigenvalue weighted by Crippen LogP contribution is -1.69. The maximum atomic E-state index is 9.99. The fraction of sp³-hybridized carbons (Fsp3) is 0. The first-order chi connectivity index (χ1) is 5.86. The zero-order chi connectivity index (χ0) is 8.81. The number of rotatable bonds is 2. The number of allylic oxidation sites excluding steroid dienone is 1. The second-order valence-electron chi connectivity index (χ2n) is 2.20. The molecule has 0 spiro atoms. The second-order valence-corrected chi connectivity index (χ2v) is 2.20. The standard InChI is InChI=1S/C10H7NO/c1-11-10-6-2-4-9(8-10)5-3-7-12/h2-8H/b5-3+. The molecule has 0 bridgehead atoms. The fourth-order valence-electron chi connectivity index (χ4n) is 0.848. The largest absolute Gasteiger partial charge is 0.299 e. The van der Waals surface area contributed by atoms with Crippen LogP contribution in [-0.2, 0) is 4.79 Å². The molecule has 0 fully saturated rings. The fourth-order valence-corrected chi connectivity index (χ4v) is 0.848. The van der Waals surface area contributed by atoms with Crippen LogP contribution in [0.25, 0.3) is 10.9 Å². The van der Waals surface area contributed by atoms with Crippen LogP contribution in [0.4, 0.5) is 5.69 Å². The van der Waals surface area contributed by atoms with Gasteiger partial charge in [0.2, 0.25) is 0 Å². The van der Waals surface area contributed by atoms with Gasteiger partial charge in [-0.1, -0.05) is 24.3 Å². The molecule has 12 heavy (non-hydrogen) atoms. The van der Waals surface area contributed by atoms with Gasteiger partial charge in [0.1, 0.15) is 6.29 Å². The van der Waals surface area contributed by atoms with Gasteiger partial charge < -0.3 is 0 Å². The molecule has 0 heterocycles. The monoisotopic (exact) mass is 157 g/mol. The lowest BCUT2D eigenvalue weighted by atomic mass is 10.2. The number of hydrogen-bond acceptors (Lipinski definition) is 1. The van der Waals surface area contributed by atoms with Gasteiger partial charge in [0.15, 0.2) is 5.69 Å². The van der Waals surface area contributed by atoms with Crippen LogP contribution in [0.3, 0.4) is 0 Å². The molecule has 0 atom stereocenters. The van der Waals surface area contributed by atoms with Crippen molar-refractivity contribution in [3.8, 4) is 0 Å². The summed E-state index contributed by atoms with van der Waals surface area (Å²) < 4.78 is 0. The normalized spacial score (nSPS) is 9.58. The molecular weight excluding hydrogens is 150 g/mol. The topological polar surface area (TPSA) is 21.4 Å². The maximum Gasteiger partial charge on any atom is 0.187 e. The Kier molecular flexibility index (Phi) is 2.80. The van der Waals surface area contributed by atoms with Crippen LogP contribution in [0.15, 0.2) is 30.3 Å². The first-order valence-electron chi connectivity index (χ1n) is 3.46.